The number of hydrogen-bond acceptors (Lipinski definition) is 2. The zero-order chi connectivity index (χ0) is 13.2. The van der Waals surface area contributed by atoms with Crippen LogP contribution < -0.4 is 5.32 Å². The molecule has 1 aromatic rings. The highest BCUT2D eigenvalue weighted by Gasteiger charge is 2.28. The fraction of sp³-hybridized carbons (Fsp3) is 0.625. The van der Waals surface area contributed by atoms with E-state index in [1.807, 2.05) is 0 Å². The predicted molar refractivity (Wildman–Crippen MR) is 77.9 cm³/mol. The second-order valence-corrected chi connectivity index (χ2v) is 6.05. The molecule has 1 aliphatic rings. The Morgan fingerprint density at radius 1 is 1.22 bits per heavy atom. The molecule has 1 atom stereocenters. The Hall–Kier alpha value is -0.860. The second-order valence-electron chi connectivity index (χ2n) is 6.05. The number of rotatable bonds is 3. The molecular formula is C16H26N2. The first-order valence-electron chi connectivity index (χ1n) is 7.05. The van der Waals surface area contributed by atoms with Crippen molar-refractivity contribution in [3.63, 3.8) is 0 Å². The van der Waals surface area contributed by atoms with E-state index in [0.29, 0.717) is 0 Å². The Balaban J connectivity index is 2.04. The lowest BCUT2D eigenvalue weighted by Gasteiger charge is -2.41. The van der Waals surface area contributed by atoms with Gasteiger partial charge in [-0.2, -0.15) is 0 Å². The van der Waals surface area contributed by atoms with Crippen LogP contribution in [0.15, 0.2) is 18.2 Å². The van der Waals surface area contributed by atoms with Gasteiger partial charge in [-0.3, -0.25) is 4.90 Å². The number of benzene rings is 1. The molecule has 18 heavy (non-hydrogen) atoms. The summed E-state index contributed by atoms with van der Waals surface area (Å²) in [6.07, 6.45) is 1.19. The van der Waals surface area contributed by atoms with E-state index in [2.05, 4.69) is 56.1 Å². The highest BCUT2D eigenvalue weighted by molar-refractivity contribution is 5.28. The summed E-state index contributed by atoms with van der Waals surface area (Å²) in [5.41, 5.74) is 4.49. The van der Waals surface area contributed by atoms with Gasteiger partial charge in [-0.25, -0.2) is 0 Å². The van der Waals surface area contributed by atoms with Crippen LogP contribution in [0, 0.1) is 13.8 Å². The van der Waals surface area contributed by atoms with Gasteiger partial charge in [0.15, 0.2) is 0 Å². The third-order valence-corrected chi connectivity index (χ3v) is 4.02. The third-order valence-electron chi connectivity index (χ3n) is 4.02. The van der Waals surface area contributed by atoms with Gasteiger partial charge in [-0.1, -0.05) is 36.2 Å². The maximum Gasteiger partial charge on any atom is 0.0278 e. The Kier molecular flexibility index (Phi) is 4.08. The monoisotopic (exact) mass is 246 g/mol. The van der Waals surface area contributed by atoms with Crippen molar-refractivity contribution in [2.45, 2.75) is 46.2 Å². The van der Waals surface area contributed by atoms with Gasteiger partial charge in [-0.15, -0.1) is 0 Å². The molecule has 1 aliphatic heterocycles. The molecule has 100 valence electrons. The molecule has 1 N–H and O–H groups in total. The standard InChI is InChI=1S/C16H26N2/c1-5-16(4)12-18(7-6-17-16)11-15-9-13(2)8-14(3)10-15/h8-10,17H,5-7,11-12H2,1-4H3. The predicted octanol–water partition coefficient (Wildman–Crippen LogP) is 2.88. The Morgan fingerprint density at radius 2 is 1.89 bits per heavy atom. The Morgan fingerprint density at radius 3 is 2.50 bits per heavy atom. The average Bonchev–Trinajstić information content (AvgIpc) is 2.27. The summed E-state index contributed by atoms with van der Waals surface area (Å²) in [7, 11) is 0. The summed E-state index contributed by atoms with van der Waals surface area (Å²) >= 11 is 0. The van der Waals surface area contributed by atoms with Crippen LogP contribution in [-0.4, -0.2) is 30.1 Å². The molecule has 0 bridgehead atoms. The minimum atomic E-state index is 0.289. The quantitative estimate of drug-likeness (QED) is 0.882. The highest BCUT2D eigenvalue weighted by atomic mass is 15.2. The van der Waals surface area contributed by atoms with Crippen molar-refractivity contribution in [2.75, 3.05) is 19.6 Å². The molecule has 1 unspecified atom stereocenters. The molecule has 2 rings (SSSR count). The first-order valence-corrected chi connectivity index (χ1v) is 7.05. The number of nitrogens with zero attached hydrogens (tertiary/aromatic N) is 1. The molecule has 1 aromatic carbocycles. The summed E-state index contributed by atoms with van der Waals surface area (Å²) < 4.78 is 0. The van der Waals surface area contributed by atoms with Crippen LogP contribution in [0.25, 0.3) is 0 Å². The molecule has 0 amide bonds. The molecule has 0 saturated carbocycles. The van der Waals surface area contributed by atoms with Crippen molar-refractivity contribution in [1.82, 2.24) is 10.2 Å². The van der Waals surface area contributed by atoms with Crippen molar-refractivity contribution in [3.05, 3.63) is 34.9 Å². The van der Waals surface area contributed by atoms with Gasteiger partial charge in [-0.05, 0) is 32.8 Å². The van der Waals surface area contributed by atoms with Crippen molar-refractivity contribution >= 4 is 0 Å². The van der Waals surface area contributed by atoms with Crippen LogP contribution in [-0.2, 0) is 6.54 Å². The summed E-state index contributed by atoms with van der Waals surface area (Å²) in [6, 6.07) is 6.88. The summed E-state index contributed by atoms with van der Waals surface area (Å²) in [5, 5.41) is 3.64. The maximum absolute atomic E-state index is 3.64. The minimum Gasteiger partial charge on any atom is -0.309 e. The van der Waals surface area contributed by atoms with Gasteiger partial charge >= 0.3 is 0 Å². The molecule has 0 spiro atoms. The van der Waals surface area contributed by atoms with E-state index < -0.39 is 0 Å². The third kappa shape index (κ3) is 3.33. The minimum absolute atomic E-state index is 0.289. The van der Waals surface area contributed by atoms with E-state index >= 15 is 0 Å². The lowest BCUT2D eigenvalue weighted by molar-refractivity contribution is 0.133. The van der Waals surface area contributed by atoms with E-state index in [0.717, 1.165) is 26.2 Å². The van der Waals surface area contributed by atoms with E-state index in [4.69, 9.17) is 0 Å². The zero-order valence-electron chi connectivity index (χ0n) is 12.2. The van der Waals surface area contributed by atoms with E-state index in [1.165, 1.54) is 23.1 Å². The lowest BCUT2D eigenvalue weighted by atomic mass is 9.95. The number of hydrogen-bond donors (Lipinski definition) is 1. The first kappa shape index (κ1) is 13.6. The normalized spacial score (nSPS) is 25.3. The summed E-state index contributed by atoms with van der Waals surface area (Å²) in [5.74, 6) is 0. The van der Waals surface area contributed by atoms with Crippen molar-refractivity contribution in [1.29, 1.82) is 0 Å². The lowest BCUT2D eigenvalue weighted by Crippen LogP contribution is -2.58. The Labute approximate surface area is 111 Å². The molecule has 0 radical (unpaired) electrons. The molecule has 2 nitrogen and oxygen atoms in total. The van der Waals surface area contributed by atoms with Crippen molar-refractivity contribution in [2.24, 2.45) is 0 Å². The van der Waals surface area contributed by atoms with E-state index in [-0.39, 0.29) is 5.54 Å². The molecule has 1 fully saturated rings. The fourth-order valence-electron chi connectivity index (χ4n) is 2.93. The molecule has 2 heteroatoms. The van der Waals surface area contributed by atoms with Gasteiger partial charge in [0, 0.05) is 31.7 Å². The number of piperazine rings is 1. The maximum atomic E-state index is 3.64. The van der Waals surface area contributed by atoms with Crippen LogP contribution in [0.5, 0.6) is 0 Å². The number of nitrogens with one attached hydrogen (secondary N) is 1. The highest BCUT2D eigenvalue weighted by Crippen LogP contribution is 2.18. The molecular weight excluding hydrogens is 220 g/mol. The molecule has 0 aromatic heterocycles. The van der Waals surface area contributed by atoms with Crippen LogP contribution in [0.2, 0.25) is 0 Å². The van der Waals surface area contributed by atoms with Gasteiger partial charge in [0.1, 0.15) is 0 Å². The Bertz CT molecular complexity index is 393. The van der Waals surface area contributed by atoms with Gasteiger partial charge < -0.3 is 5.32 Å². The van der Waals surface area contributed by atoms with Crippen LogP contribution in [0.3, 0.4) is 0 Å². The zero-order valence-corrected chi connectivity index (χ0v) is 12.2. The molecule has 1 saturated heterocycles. The molecule has 1 heterocycles. The second kappa shape index (κ2) is 5.41. The first-order chi connectivity index (χ1) is 8.50. The molecule has 0 aliphatic carbocycles. The van der Waals surface area contributed by atoms with Crippen molar-refractivity contribution in [3.8, 4) is 0 Å². The average molecular weight is 246 g/mol. The summed E-state index contributed by atoms with van der Waals surface area (Å²) in [6.45, 7) is 13.5. The fourth-order valence-corrected chi connectivity index (χ4v) is 2.93. The van der Waals surface area contributed by atoms with Gasteiger partial charge in [0.25, 0.3) is 0 Å². The van der Waals surface area contributed by atoms with E-state index in [1.54, 1.807) is 0 Å². The van der Waals surface area contributed by atoms with Crippen LogP contribution in [0.4, 0.5) is 0 Å². The van der Waals surface area contributed by atoms with E-state index in [9.17, 15) is 0 Å². The smallest absolute Gasteiger partial charge is 0.0278 e. The summed E-state index contributed by atoms with van der Waals surface area (Å²) in [4.78, 5) is 2.58. The van der Waals surface area contributed by atoms with Gasteiger partial charge in [0.05, 0.1) is 0 Å². The van der Waals surface area contributed by atoms with Crippen LogP contribution >= 0.6 is 0 Å². The SMILES string of the molecule is CCC1(C)CN(Cc2cc(C)cc(C)c2)CCN1. The number of aryl methyl sites for hydroxylation is 2. The van der Waals surface area contributed by atoms with Crippen LogP contribution in [0.1, 0.15) is 37.0 Å². The van der Waals surface area contributed by atoms with Crippen molar-refractivity contribution < 1.29 is 0 Å². The largest absolute Gasteiger partial charge is 0.309 e. The topological polar surface area (TPSA) is 15.3 Å². The van der Waals surface area contributed by atoms with Gasteiger partial charge in [0.2, 0.25) is 0 Å².